The molecule has 1 heterocycles. The third kappa shape index (κ3) is 4.60. The third-order valence-electron chi connectivity index (χ3n) is 5.40. The lowest BCUT2D eigenvalue weighted by molar-refractivity contribution is -0.137. The summed E-state index contributed by atoms with van der Waals surface area (Å²) in [7, 11) is 0. The Balaban J connectivity index is 1.31. The van der Waals surface area contributed by atoms with Crippen LogP contribution in [0.4, 0.5) is 13.2 Å². The summed E-state index contributed by atoms with van der Waals surface area (Å²) >= 11 is 0. The first-order valence-electron chi connectivity index (χ1n) is 10.4. The van der Waals surface area contributed by atoms with Crippen LogP contribution in [-0.2, 0) is 12.8 Å². The van der Waals surface area contributed by atoms with E-state index in [1.807, 2.05) is 78.9 Å². The highest BCUT2D eigenvalue weighted by molar-refractivity contribution is 5.80. The third-order valence-corrected chi connectivity index (χ3v) is 5.40. The second-order valence-electron chi connectivity index (χ2n) is 7.69. The zero-order valence-electron chi connectivity index (χ0n) is 17.4. The van der Waals surface area contributed by atoms with Gasteiger partial charge in [0.2, 0.25) is 0 Å². The summed E-state index contributed by atoms with van der Waals surface area (Å²) in [5.74, 6) is 1.32. The number of hydrogen-bond donors (Lipinski definition) is 1. The van der Waals surface area contributed by atoms with Crippen LogP contribution < -0.4 is 4.74 Å². The lowest BCUT2D eigenvalue weighted by atomic mass is 10.0. The number of imidazole rings is 1. The van der Waals surface area contributed by atoms with E-state index in [-0.39, 0.29) is 5.52 Å². The fraction of sp³-hybridized carbons (Fsp3) is 0.0741. The van der Waals surface area contributed by atoms with Crippen LogP contribution in [0.2, 0.25) is 0 Å². The molecule has 0 radical (unpaired) electrons. The number of benzene rings is 4. The molecule has 4 aromatic carbocycles. The monoisotopic (exact) mass is 444 g/mol. The number of aromatic nitrogens is 2. The highest BCUT2D eigenvalue weighted by atomic mass is 19.4. The number of fused-ring (bicyclic) bond motifs is 1. The summed E-state index contributed by atoms with van der Waals surface area (Å²) in [4.78, 5) is 7.43. The Bertz CT molecular complexity index is 1370. The Morgan fingerprint density at radius 2 is 1.36 bits per heavy atom. The average Bonchev–Trinajstić information content (AvgIpc) is 3.27. The Hall–Kier alpha value is -4.06. The molecule has 1 N–H and O–H groups in total. The second-order valence-corrected chi connectivity index (χ2v) is 7.69. The van der Waals surface area contributed by atoms with Crippen molar-refractivity contribution in [3.05, 3.63) is 108 Å². The molecule has 33 heavy (non-hydrogen) atoms. The number of ether oxygens (including phenoxy) is 1. The highest BCUT2D eigenvalue weighted by Crippen LogP contribution is 2.32. The minimum Gasteiger partial charge on any atom is -0.489 e. The lowest BCUT2D eigenvalue weighted by Gasteiger charge is -2.08. The number of nitrogens with one attached hydrogen (secondary N) is 1. The first-order valence-corrected chi connectivity index (χ1v) is 10.4. The van der Waals surface area contributed by atoms with Crippen LogP contribution in [0.3, 0.4) is 0 Å². The summed E-state index contributed by atoms with van der Waals surface area (Å²) in [5, 5.41) is 0. The van der Waals surface area contributed by atoms with Gasteiger partial charge in [0.15, 0.2) is 0 Å². The first kappa shape index (κ1) is 20.8. The summed E-state index contributed by atoms with van der Waals surface area (Å²) in [6, 6.07) is 29.1. The van der Waals surface area contributed by atoms with Crippen molar-refractivity contribution in [3.8, 4) is 28.3 Å². The fourth-order valence-electron chi connectivity index (χ4n) is 3.62. The standard InChI is InChI=1S/C27H19F3N2O/c28-27(29,30)22-12-15-24-25(16-22)32-26(31-24)21-8-6-19(7-9-21)20-10-13-23(14-11-20)33-17-18-4-2-1-3-5-18/h1-16H,17H2,(H,31,32). The maximum Gasteiger partial charge on any atom is 0.416 e. The minimum atomic E-state index is -4.39. The Morgan fingerprint density at radius 3 is 2.03 bits per heavy atom. The van der Waals surface area contributed by atoms with E-state index in [0.717, 1.165) is 40.1 Å². The van der Waals surface area contributed by atoms with Crippen LogP contribution in [0.15, 0.2) is 97.1 Å². The molecule has 0 aliphatic rings. The van der Waals surface area contributed by atoms with E-state index >= 15 is 0 Å². The van der Waals surface area contributed by atoms with Crippen LogP contribution in [0.25, 0.3) is 33.5 Å². The normalized spacial score (nSPS) is 11.6. The topological polar surface area (TPSA) is 37.9 Å². The Labute approximate surface area is 188 Å². The van der Waals surface area contributed by atoms with Gasteiger partial charge in [0.1, 0.15) is 18.2 Å². The fourth-order valence-corrected chi connectivity index (χ4v) is 3.62. The zero-order valence-corrected chi connectivity index (χ0v) is 17.4. The highest BCUT2D eigenvalue weighted by Gasteiger charge is 2.30. The van der Waals surface area contributed by atoms with Gasteiger partial charge in [-0.25, -0.2) is 4.98 Å². The maximum atomic E-state index is 13.0. The summed E-state index contributed by atoms with van der Waals surface area (Å²) in [5.41, 5.74) is 4.10. The summed E-state index contributed by atoms with van der Waals surface area (Å²) in [6.45, 7) is 0.511. The van der Waals surface area contributed by atoms with Crippen LogP contribution in [0.5, 0.6) is 5.75 Å². The molecule has 0 bridgehead atoms. The number of halogens is 3. The SMILES string of the molecule is FC(F)(F)c1ccc2[nH]c(-c3ccc(-c4ccc(OCc5ccccc5)cc4)cc3)nc2c1. The van der Waals surface area contributed by atoms with Crippen molar-refractivity contribution < 1.29 is 17.9 Å². The van der Waals surface area contributed by atoms with Crippen LogP contribution >= 0.6 is 0 Å². The molecular weight excluding hydrogens is 425 g/mol. The van der Waals surface area contributed by atoms with Gasteiger partial charge in [-0.1, -0.05) is 66.7 Å². The molecule has 0 atom stereocenters. The van der Waals surface area contributed by atoms with E-state index in [1.165, 1.54) is 6.07 Å². The molecular formula is C27H19F3N2O. The number of alkyl halides is 3. The van der Waals surface area contributed by atoms with E-state index < -0.39 is 11.7 Å². The van der Waals surface area contributed by atoms with E-state index in [1.54, 1.807) is 0 Å². The second kappa shape index (κ2) is 8.47. The van der Waals surface area contributed by atoms with Gasteiger partial charge in [-0.15, -0.1) is 0 Å². The number of aromatic amines is 1. The molecule has 164 valence electrons. The van der Waals surface area contributed by atoms with Crippen molar-refractivity contribution in [3.63, 3.8) is 0 Å². The van der Waals surface area contributed by atoms with Gasteiger partial charge in [0, 0.05) is 5.56 Å². The summed E-state index contributed by atoms with van der Waals surface area (Å²) in [6.07, 6.45) is -4.39. The molecule has 0 aliphatic heterocycles. The lowest BCUT2D eigenvalue weighted by Crippen LogP contribution is -2.04. The van der Waals surface area contributed by atoms with Gasteiger partial charge >= 0.3 is 6.18 Å². The summed E-state index contributed by atoms with van der Waals surface area (Å²) < 4.78 is 44.7. The van der Waals surface area contributed by atoms with E-state index in [0.29, 0.717) is 17.9 Å². The molecule has 3 nitrogen and oxygen atoms in total. The molecule has 5 aromatic rings. The predicted molar refractivity (Wildman–Crippen MR) is 123 cm³/mol. The van der Waals surface area contributed by atoms with Crippen molar-refractivity contribution >= 4 is 11.0 Å². The van der Waals surface area contributed by atoms with Crippen LogP contribution in [-0.4, -0.2) is 9.97 Å². The van der Waals surface area contributed by atoms with Crippen molar-refractivity contribution in [2.75, 3.05) is 0 Å². The van der Waals surface area contributed by atoms with E-state index in [9.17, 15) is 13.2 Å². The largest absolute Gasteiger partial charge is 0.489 e. The van der Waals surface area contributed by atoms with Crippen molar-refractivity contribution in [2.24, 2.45) is 0 Å². The van der Waals surface area contributed by atoms with Crippen molar-refractivity contribution in [1.29, 1.82) is 0 Å². The molecule has 0 amide bonds. The molecule has 0 saturated heterocycles. The smallest absolute Gasteiger partial charge is 0.416 e. The van der Waals surface area contributed by atoms with Gasteiger partial charge in [-0.05, 0) is 47.0 Å². The van der Waals surface area contributed by atoms with Gasteiger partial charge in [0.05, 0.1) is 16.6 Å². The van der Waals surface area contributed by atoms with Gasteiger partial charge in [-0.3, -0.25) is 0 Å². The molecule has 0 unspecified atom stereocenters. The van der Waals surface area contributed by atoms with E-state index in [2.05, 4.69) is 9.97 Å². The minimum absolute atomic E-state index is 0.287. The maximum absolute atomic E-state index is 13.0. The van der Waals surface area contributed by atoms with E-state index in [4.69, 9.17) is 4.74 Å². The van der Waals surface area contributed by atoms with Gasteiger partial charge in [-0.2, -0.15) is 13.2 Å². The van der Waals surface area contributed by atoms with Crippen LogP contribution in [0, 0.1) is 0 Å². The molecule has 0 saturated carbocycles. The molecule has 0 aliphatic carbocycles. The predicted octanol–water partition coefficient (Wildman–Crippen LogP) is 7.49. The molecule has 0 fully saturated rings. The quantitative estimate of drug-likeness (QED) is 0.305. The molecule has 6 heteroatoms. The van der Waals surface area contributed by atoms with Crippen LogP contribution in [0.1, 0.15) is 11.1 Å². The molecule has 0 spiro atoms. The number of rotatable bonds is 5. The number of H-pyrrole nitrogens is 1. The number of hydrogen-bond acceptors (Lipinski definition) is 2. The Morgan fingerprint density at radius 1 is 0.727 bits per heavy atom. The van der Waals surface area contributed by atoms with Gasteiger partial charge in [0.25, 0.3) is 0 Å². The van der Waals surface area contributed by atoms with Crippen molar-refractivity contribution in [1.82, 2.24) is 9.97 Å². The molecule has 1 aromatic heterocycles. The van der Waals surface area contributed by atoms with Gasteiger partial charge < -0.3 is 9.72 Å². The average molecular weight is 444 g/mol. The first-order chi connectivity index (χ1) is 16.0. The number of nitrogens with zero attached hydrogens (tertiary/aromatic N) is 1. The van der Waals surface area contributed by atoms with Crippen molar-refractivity contribution in [2.45, 2.75) is 12.8 Å². The Kier molecular flexibility index (Phi) is 5.34. The zero-order chi connectivity index (χ0) is 22.8. The molecule has 5 rings (SSSR count).